The Bertz CT molecular complexity index is 790. The first-order valence-electron chi connectivity index (χ1n) is 9.68. The topological polar surface area (TPSA) is 44.7 Å². The number of para-hydroxylation sites is 1. The normalized spacial score (nSPS) is 20.3. The van der Waals surface area contributed by atoms with E-state index in [1.807, 2.05) is 19.1 Å². The zero-order valence-electron chi connectivity index (χ0n) is 15.7. The third-order valence-electron chi connectivity index (χ3n) is 5.78. The Morgan fingerprint density at radius 2 is 2.12 bits per heavy atom. The maximum atomic E-state index is 10.6. The van der Waals surface area contributed by atoms with Crippen molar-refractivity contribution < 1.29 is 9.84 Å². The zero-order chi connectivity index (χ0) is 18.1. The van der Waals surface area contributed by atoms with Crippen LogP contribution < -0.4 is 15.0 Å². The predicted molar refractivity (Wildman–Crippen MR) is 106 cm³/mol. The second-order valence-corrected chi connectivity index (χ2v) is 7.28. The molecule has 2 aromatic rings. The lowest BCUT2D eigenvalue weighted by atomic mass is 9.92. The molecule has 0 spiro atoms. The fourth-order valence-corrected chi connectivity index (χ4v) is 4.41. The van der Waals surface area contributed by atoms with E-state index in [1.54, 1.807) is 7.11 Å². The number of anilines is 1. The number of hydrogen-bond acceptors (Lipinski definition) is 4. The van der Waals surface area contributed by atoms with Gasteiger partial charge in [-0.15, -0.1) is 0 Å². The molecule has 0 aromatic heterocycles. The van der Waals surface area contributed by atoms with Crippen molar-refractivity contribution in [1.82, 2.24) is 5.32 Å². The Kier molecular flexibility index (Phi) is 4.88. The molecule has 4 nitrogen and oxygen atoms in total. The van der Waals surface area contributed by atoms with Crippen LogP contribution in [0.4, 0.5) is 5.69 Å². The Morgan fingerprint density at radius 3 is 2.92 bits per heavy atom. The van der Waals surface area contributed by atoms with Gasteiger partial charge in [-0.1, -0.05) is 31.2 Å². The quantitative estimate of drug-likeness (QED) is 0.884. The molecule has 0 aliphatic carbocycles. The van der Waals surface area contributed by atoms with E-state index in [4.69, 9.17) is 4.74 Å². The van der Waals surface area contributed by atoms with Crippen LogP contribution in [0, 0.1) is 0 Å². The summed E-state index contributed by atoms with van der Waals surface area (Å²) in [4.78, 5) is 2.58. The SMILES string of the molecule is CCC(O)c1cc(OC)ccc1-c1cccc2c1N1CCNCCC1C2. The van der Waals surface area contributed by atoms with Crippen molar-refractivity contribution in [1.29, 1.82) is 0 Å². The van der Waals surface area contributed by atoms with Gasteiger partial charge in [-0.3, -0.25) is 0 Å². The van der Waals surface area contributed by atoms with Crippen molar-refractivity contribution >= 4 is 5.69 Å². The maximum absolute atomic E-state index is 10.6. The van der Waals surface area contributed by atoms with Crippen LogP contribution in [0.5, 0.6) is 5.75 Å². The lowest BCUT2D eigenvalue weighted by molar-refractivity contribution is 0.174. The van der Waals surface area contributed by atoms with E-state index in [0.29, 0.717) is 12.5 Å². The van der Waals surface area contributed by atoms with Crippen molar-refractivity contribution in [3.8, 4) is 16.9 Å². The van der Waals surface area contributed by atoms with E-state index < -0.39 is 6.10 Å². The van der Waals surface area contributed by atoms with Crippen LogP contribution in [-0.2, 0) is 6.42 Å². The molecule has 2 aliphatic heterocycles. The van der Waals surface area contributed by atoms with Gasteiger partial charge in [-0.2, -0.15) is 0 Å². The molecule has 4 heteroatoms. The lowest BCUT2D eigenvalue weighted by Gasteiger charge is -2.27. The van der Waals surface area contributed by atoms with E-state index in [1.165, 1.54) is 23.2 Å². The molecule has 0 radical (unpaired) electrons. The van der Waals surface area contributed by atoms with Crippen molar-refractivity contribution in [3.05, 3.63) is 47.5 Å². The molecule has 2 unspecified atom stereocenters. The van der Waals surface area contributed by atoms with Crippen molar-refractivity contribution in [2.24, 2.45) is 0 Å². The second-order valence-electron chi connectivity index (χ2n) is 7.28. The number of benzene rings is 2. The van der Waals surface area contributed by atoms with Gasteiger partial charge >= 0.3 is 0 Å². The van der Waals surface area contributed by atoms with Gasteiger partial charge in [0.1, 0.15) is 5.75 Å². The number of fused-ring (bicyclic) bond motifs is 3. The highest BCUT2D eigenvalue weighted by atomic mass is 16.5. The van der Waals surface area contributed by atoms with Gasteiger partial charge in [-0.25, -0.2) is 0 Å². The van der Waals surface area contributed by atoms with Gasteiger partial charge in [0, 0.05) is 30.4 Å². The van der Waals surface area contributed by atoms with Crippen LogP contribution in [0.1, 0.15) is 37.0 Å². The number of hydrogen-bond donors (Lipinski definition) is 2. The van der Waals surface area contributed by atoms with Gasteiger partial charge < -0.3 is 20.1 Å². The van der Waals surface area contributed by atoms with Crippen LogP contribution >= 0.6 is 0 Å². The summed E-state index contributed by atoms with van der Waals surface area (Å²) in [6, 6.07) is 13.3. The molecule has 0 amide bonds. The van der Waals surface area contributed by atoms with Gasteiger partial charge in [0.15, 0.2) is 0 Å². The standard InChI is InChI=1S/C22H28N2O2/c1-3-21(25)20-14-17(26-2)7-8-18(20)19-6-4-5-15-13-16-9-10-23-11-12-24(16)22(15)19/h4-8,14,16,21,23,25H,3,9-13H2,1-2H3. The Balaban J connectivity index is 1.85. The number of nitrogens with one attached hydrogen (secondary N) is 1. The Morgan fingerprint density at radius 1 is 1.23 bits per heavy atom. The number of rotatable bonds is 4. The number of aliphatic hydroxyl groups excluding tert-OH is 1. The summed E-state index contributed by atoms with van der Waals surface area (Å²) in [5, 5.41) is 14.2. The van der Waals surface area contributed by atoms with Crippen LogP contribution in [-0.4, -0.2) is 37.9 Å². The molecule has 138 valence electrons. The van der Waals surface area contributed by atoms with Crippen molar-refractivity contribution in [3.63, 3.8) is 0 Å². The molecule has 2 aliphatic rings. The average Bonchev–Trinajstić information content (AvgIpc) is 2.88. The summed E-state index contributed by atoms with van der Waals surface area (Å²) in [7, 11) is 1.67. The molecular weight excluding hydrogens is 324 g/mol. The first-order chi connectivity index (χ1) is 12.7. The number of aliphatic hydroxyl groups is 1. The summed E-state index contributed by atoms with van der Waals surface area (Å²) in [5.41, 5.74) is 6.10. The third-order valence-corrected chi connectivity index (χ3v) is 5.78. The van der Waals surface area contributed by atoms with Gasteiger partial charge in [0.2, 0.25) is 0 Å². The summed E-state index contributed by atoms with van der Waals surface area (Å²) < 4.78 is 5.41. The highest BCUT2D eigenvalue weighted by Gasteiger charge is 2.32. The lowest BCUT2D eigenvalue weighted by Crippen LogP contribution is -2.33. The first kappa shape index (κ1) is 17.4. The molecule has 2 atom stereocenters. The zero-order valence-corrected chi connectivity index (χ0v) is 15.7. The second kappa shape index (κ2) is 7.29. The predicted octanol–water partition coefficient (Wildman–Crippen LogP) is 3.53. The summed E-state index contributed by atoms with van der Waals surface area (Å²) in [6.45, 7) is 5.17. The molecular formula is C22H28N2O2. The summed E-state index contributed by atoms with van der Waals surface area (Å²) >= 11 is 0. The molecule has 1 saturated heterocycles. The molecule has 2 aromatic carbocycles. The minimum absolute atomic E-state index is 0.487. The Labute approximate surface area is 155 Å². The third kappa shape index (κ3) is 2.97. The number of nitrogens with zero attached hydrogens (tertiary/aromatic N) is 1. The maximum Gasteiger partial charge on any atom is 0.119 e. The van der Waals surface area contributed by atoms with Crippen LogP contribution in [0.25, 0.3) is 11.1 Å². The van der Waals surface area contributed by atoms with E-state index in [-0.39, 0.29) is 0 Å². The molecule has 2 heterocycles. The highest BCUT2D eigenvalue weighted by molar-refractivity contribution is 5.85. The molecule has 0 bridgehead atoms. The van der Waals surface area contributed by atoms with Crippen molar-refractivity contribution in [2.45, 2.75) is 38.3 Å². The fraction of sp³-hybridized carbons (Fsp3) is 0.455. The van der Waals surface area contributed by atoms with Crippen LogP contribution in [0.3, 0.4) is 0 Å². The smallest absolute Gasteiger partial charge is 0.119 e. The Hall–Kier alpha value is -2.04. The minimum Gasteiger partial charge on any atom is -0.497 e. The monoisotopic (exact) mass is 352 g/mol. The first-order valence-corrected chi connectivity index (χ1v) is 9.68. The summed E-state index contributed by atoms with van der Waals surface area (Å²) in [6.07, 6.45) is 2.50. The van der Waals surface area contributed by atoms with Crippen LogP contribution in [0.15, 0.2) is 36.4 Å². The highest BCUT2D eigenvalue weighted by Crippen LogP contribution is 2.44. The molecule has 2 N–H and O–H groups in total. The van der Waals surface area contributed by atoms with E-state index in [2.05, 4.69) is 34.5 Å². The average molecular weight is 352 g/mol. The van der Waals surface area contributed by atoms with E-state index in [0.717, 1.165) is 42.9 Å². The number of ether oxygens (including phenoxy) is 1. The molecule has 0 saturated carbocycles. The van der Waals surface area contributed by atoms with Crippen LogP contribution in [0.2, 0.25) is 0 Å². The minimum atomic E-state index is -0.487. The summed E-state index contributed by atoms with van der Waals surface area (Å²) in [5.74, 6) is 0.792. The van der Waals surface area contributed by atoms with Crippen molar-refractivity contribution in [2.75, 3.05) is 31.6 Å². The van der Waals surface area contributed by atoms with E-state index in [9.17, 15) is 5.11 Å². The van der Waals surface area contributed by atoms with Gasteiger partial charge in [-0.05, 0) is 54.6 Å². The van der Waals surface area contributed by atoms with Gasteiger partial charge in [0.25, 0.3) is 0 Å². The largest absolute Gasteiger partial charge is 0.497 e. The fourth-order valence-electron chi connectivity index (χ4n) is 4.41. The molecule has 1 fully saturated rings. The van der Waals surface area contributed by atoms with Gasteiger partial charge in [0.05, 0.1) is 13.2 Å². The molecule has 26 heavy (non-hydrogen) atoms. The molecule has 4 rings (SSSR count). The van der Waals surface area contributed by atoms with E-state index >= 15 is 0 Å². The number of methoxy groups -OCH3 is 1.